The van der Waals surface area contributed by atoms with E-state index in [-0.39, 0.29) is 6.04 Å². The molecule has 4 nitrogen and oxygen atoms in total. The molecule has 0 aliphatic carbocycles. The summed E-state index contributed by atoms with van der Waals surface area (Å²) in [5, 5.41) is 5.01. The molecule has 1 aliphatic rings. The lowest BCUT2D eigenvalue weighted by Gasteiger charge is -2.14. The van der Waals surface area contributed by atoms with Gasteiger partial charge in [-0.25, -0.2) is 0 Å². The number of ether oxygens (including phenoxy) is 1. The van der Waals surface area contributed by atoms with Crippen LogP contribution in [0.2, 0.25) is 5.15 Å². The standard InChI is InChI=1S/C13H22ClN3O/c1-9-12(13(14)17(2)16-9)8-10(15)5-6-11-4-3-7-18-11/h10-11H,3-8,15H2,1-2H3. The molecule has 0 radical (unpaired) electrons. The predicted molar refractivity (Wildman–Crippen MR) is 72.8 cm³/mol. The second-order valence-electron chi connectivity index (χ2n) is 5.15. The Morgan fingerprint density at radius 2 is 2.39 bits per heavy atom. The molecule has 0 amide bonds. The van der Waals surface area contributed by atoms with E-state index in [0.29, 0.717) is 11.3 Å². The molecule has 0 spiro atoms. The van der Waals surface area contributed by atoms with Crippen LogP contribution in [0.5, 0.6) is 0 Å². The molecule has 102 valence electrons. The Labute approximate surface area is 113 Å². The maximum absolute atomic E-state index is 6.21. The normalized spacial score (nSPS) is 21.4. The van der Waals surface area contributed by atoms with Crippen LogP contribution in [0.3, 0.4) is 0 Å². The fourth-order valence-corrected chi connectivity index (χ4v) is 2.79. The van der Waals surface area contributed by atoms with E-state index in [2.05, 4.69) is 5.10 Å². The zero-order valence-corrected chi connectivity index (χ0v) is 11.9. The number of halogens is 1. The van der Waals surface area contributed by atoms with Gasteiger partial charge in [0, 0.05) is 25.3 Å². The minimum absolute atomic E-state index is 0.134. The third kappa shape index (κ3) is 3.25. The molecule has 5 heteroatoms. The molecule has 2 rings (SSSR count). The van der Waals surface area contributed by atoms with E-state index in [0.717, 1.165) is 37.1 Å². The van der Waals surface area contributed by atoms with E-state index >= 15 is 0 Å². The number of nitrogens with two attached hydrogens (primary N) is 1. The van der Waals surface area contributed by atoms with Crippen molar-refractivity contribution in [2.75, 3.05) is 6.61 Å². The third-order valence-corrected chi connectivity index (χ3v) is 4.09. The first-order valence-corrected chi connectivity index (χ1v) is 7.01. The molecule has 1 saturated heterocycles. The number of aromatic nitrogens is 2. The summed E-state index contributed by atoms with van der Waals surface area (Å²) in [6.07, 6.45) is 5.62. The zero-order chi connectivity index (χ0) is 13.1. The van der Waals surface area contributed by atoms with Gasteiger partial charge in [0.15, 0.2) is 0 Å². The van der Waals surface area contributed by atoms with E-state index in [1.54, 1.807) is 4.68 Å². The minimum atomic E-state index is 0.134. The van der Waals surface area contributed by atoms with Crippen LogP contribution < -0.4 is 5.73 Å². The van der Waals surface area contributed by atoms with Crippen molar-refractivity contribution in [1.82, 2.24) is 9.78 Å². The largest absolute Gasteiger partial charge is 0.378 e. The molecule has 1 aromatic rings. The SMILES string of the molecule is Cc1nn(C)c(Cl)c1CC(N)CCC1CCCO1. The quantitative estimate of drug-likeness (QED) is 0.893. The molecule has 2 unspecified atom stereocenters. The molecular weight excluding hydrogens is 250 g/mol. The Morgan fingerprint density at radius 1 is 1.61 bits per heavy atom. The maximum atomic E-state index is 6.21. The summed E-state index contributed by atoms with van der Waals surface area (Å²) in [5.74, 6) is 0. The molecule has 1 fully saturated rings. The molecule has 1 aliphatic heterocycles. The van der Waals surface area contributed by atoms with Crippen LogP contribution in [-0.4, -0.2) is 28.5 Å². The third-order valence-electron chi connectivity index (χ3n) is 3.62. The number of hydrogen-bond donors (Lipinski definition) is 1. The maximum Gasteiger partial charge on any atom is 0.130 e. The summed E-state index contributed by atoms with van der Waals surface area (Å²) < 4.78 is 7.31. The van der Waals surface area contributed by atoms with E-state index in [1.807, 2.05) is 14.0 Å². The molecule has 2 atom stereocenters. The van der Waals surface area contributed by atoms with Gasteiger partial charge in [-0.1, -0.05) is 11.6 Å². The number of hydrogen-bond acceptors (Lipinski definition) is 3. The first kappa shape index (κ1) is 13.8. The van der Waals surface area contributed by atoms with E-state index in [4.69, 9.17) is 22.1 Å². The highest BCUT2D eigenvalue weighted by molar-refractivity contribution is 6.30. The van der Waals surface area contributed by atoms with Crippen molar-refractivity contribution >= 4 is 11.6 Å². The van der Waals surface area contributed by atoms with Crippen LogP contribution in [0.15, 0.2) is 0 Å². The summed E-state index contributed by atoms with van der Waals surface area (Å²) in [6, 6.07) is 0.134. The molecule has 1 aromatic heterocycles. The van der Waals surface area contributed by atoms with E-state index in [9.17, 15) is 0 Å². The zero-order valence-electron chi connectivity index (χ0n) is 11.2. The van der Waals surface area contributed by atoms with Crippen molar-refractivity contribution in [2.45, 2.75) is 51.2 Å². The first-order valence-electron chi connectivity index (χ1n) is 6.63. The lowest BCUT2D eigenvalue weighted by Crippen LogP contribution is -2.25. The van der Waals surface area contributed by atoms with Crippen LogP contribution in [0.4, 0.5) is 0 Å². The van der Waals surface area contributed by atoms with Gasteiger partial charge in [-0.05, 0) is 39.0 Å². The molecule has 18 heavy (non-hydrogen) atoms. The van der Waals surface area contributed by atoms with Gasteiger partial charge in [0.1, 0.15) is 5.15 Å². The highest BCUT2D eigenvalue weighted by Crippen LogP contribution is 2.22. The van der Waals surface area contributed by atoms with Crippen molar-refractivity contribution in [2.24, 2.45) is 12.8 Å². The Bertz CT molecular complexity index is 399. The summed E-state index contributed by atoms with van der Waals surface area (Å²) in [6.45, 7) is 2.89. The highest BCUT2D eigenvalue weighted by atomic mass is 35.5. The Balaban J connectivity index is 1.84. The number of nitrogens with zero attached hydrogens (tertiary/aromatic N) is 2. The van der Waals surface area contributed by atoms with Crippen molar-refractivity contribution in [3.63, 3.8) is 0 Å². The summed E-state index contributed by atoms with van der Waals surface area (Å²) in [7, 11) is 1.86. The molecule has 2 heterocycles. The Hall–Kier alpha value is -0.580. The molecule has 0 bridgehead atoms. The Morgan fingerprint density at radius 3 is 2.94 bits per heavy atom. The van der Waals surface area contributed by atoms with Crippen LogP contribution in [0.1, 0.15) is 36.9 Å². The smallest absolute Gasteiger partial charge is 0.130 e. The fraction of sp³-hybridized carbons (Fsp3) is 0.769. The summed E-state index contributed by atoms with van der Waals surface area (Å²) in [4.78, 5) is 0. The summed E-state index contributed by atoms with van der Waals surface area (Å²) in [5.41, 5.74) is 8.24. The van der Waals surface area contributed by atoms with Crippen LogP contribution in [0, 0.1) is 6.92 Å². The van der Waals surface area contributed by atoms with Gasteiger partial charge in [0.2, 0.25) is 0 Å². The van der Waals surface area contributed by atoms with E-state index < -0.39 is 0 Å². The average Bonchev–Trinajstić information content (AvgIpc) is 2.92. The highest BCUT2D eigenvalue weighted by Gasteiger charge is 2.18. The van der Waals surface area contributed by atoms with Gasteiger partial charge in [0.25, 0.3) is 0 Å². The van der Waals surface area contributed by atoms with Crippen LogP contribution in [0.25, 0.3) is 0 Å². The summed E-state index contributed by atoms with van der Waals surface area (Å²) >= 11 is 6.21. The van der Waals surface area contributed by atoms with Gasteiger partial charge in [-0.3, -0.25) is 4.68 Å². The van der Waals surface area contributed by atoms with Crippen molar-refractivity contribution in [3.8, 4) is 0 Å². The number of aryl methyl sites for hydroxylation is 2. The fourth-order valence-electron chi connectivity index (χ4n) is 2.54. The average molecular weight is 272 g/mol. The van der Waals surface area contributed by atoms with Gasteiger partial charge in [-0.2, -0.15) is 5.10 Å². The van der Waals surface area contributed by atoms with Crippen LogP contribution in [-0.2, 0) is 18.2 Å². The second-order valence-corrected chi connectivity index (χ2v) is 5.51. The van der Waals surface area contributed by atoms with Gasteiger partial charge < -0.3 is 10.5 Å². The molecule has 0 aromatic carbocycles. The molecular formula is C13H22ClN3O. The molecule has 0 saturated carbocycles. The Kier molecular flexibility index (Phi) is 4.65. The lowest BCUT2D eigenvalue weighted by atomic mass is 10.0. The van der Waals surface area contributed by atoms with E-state index in [1.165, 1.54) is 12.8 Å². The van der Waals surface area contributed by atoms with Crippen molar-refractivity contribution < 1.29 is 4.74 Å². The predicted octanol–water partition coefficient (Wildman–Crippen LogP) is 2.21. The minimum Gasteiger partial charge on any atom is -0.378 e. The lowest BCUT2D eigenvalue weighted by molar-refractivity contribution is 0.101. The van der Waals surface area contributed by atoms with Crippen molar-refractivity contribution in [1.29, 1.82) is 0 Å². The van der Waals surface area contributed by atoms with Crippen LogP contribution >= 0.6 is 11.6 Å². The van der Waals surface area contributed by atoms with Crippen molar-refractivity contribution in [3.05, 3.63) is 16.4 Å². The monoisotopic (exact) mass is 271 g/mol. The van der Waals surface area contributed by atoms with Gasteiger partial charge >= 0.3 is 0 Å². The number of rotatable bonds is 5. The van der Waals surface area contributed by atoms with Gasteiger partial charge in [0.05, 0.1) is 11.8 Å². The second kappa shape index (κ2) is 6.04. The van der Waals surface area contributed by atoms with Gasteiger partial charge in [-0.15, -0.1) is 0 Å². The topological polar surface area (TPSA) is 53.1 Å². The first-order chi connectivity index (χ1) is 8.58. The molecule has 2 N–H and O–H groups in total.